The van der Waals surface area contributed by atoms with Crippen LogP contribution >= 0.6 is 0 Å². The molecule has 0 aromatic carbocycles. The van der Waals surface area contributed by atoms with Crippen molar-refractivity contribution < 1.29 is 9.59 Å². The molecular weight excluding hydrogens is 264 g/mol. The van der Waals surface area contributed by atoms with Gasteiger partial charge in [-0.05, 0) is 44.4 Å². The van der Waals surface area contributed by atoms with Gasteiger partial charge in [-0.2, -0.15) is 0 Å². The van der Waals surface area contributed by atoms with Crippen LogP contribution in [0.3, 0.4) is 0 Å². The molecule has 1 heterocycles. The van der Waals surface area contributed by atoms with Crippen molar-refractivity contribution in [1.29, 1.82) is 0 Å². The molecule has 2 atom stereocenters. The summed E-state index contributed by atoms with van der Waals surface area (Å²) >= 11 is 0. The molecule has 1 aliphatic rings. The van der Waals surface area contributed by atoms with Crippen molar-refractivity contribution >= 4 is 11.8 Å². The number of hydrogen-bond donors (Lipinski definition) is 1. The molecule has 0 aliphatic carbocycles. The number of nitrogens with zero attached hydrogens (tertiary/aromatic N) is 1. The molecule has 21 heavy (non-hydrogen) atoms. The van der Waals surface area contributed by atoms with Crippen molar-refractivity contribution in [1.82, 2.24) is 10.2 Å². The van der Waals surface area contributed by atoms with Crippen molar-refractivity contribution in [2.24, 2.45) is 11.8 Å². The molecule has 4 heteroatoms. The van der Waals surface area contributed by atoms with Gasteiger partial charge in [-0.25, -0.2) is 0 Å². The molecule has 1 N–H and O–H groups in total. The second kappa shape index (κ2) is 9.06. The Morgan fingerprint density at radius 3 is 2.19 bits per heavy atom. The van der Waals surface area contributed by atoms with E-state index in [1.807, 2.05) is 11.8 Å². The zero-order valence-corrected chi connectivity index (χ0v) is 14.2. The van der Waals surface area contributed by atoms with Crippen LogP contribution < -0.4 is 5.32 Å². The van der Waals surface area contributed by atoms with Crippen molar-refractivity contribution in [3.05, 3.63) is 0 Å². The van der Waals surface area contributed by atoms with Gasteiger partial charge in [0.25, 0.3) is 0 Å². The minimum Gasteiger partial charge on any atom is -0.354 e. The van der Waals surface area contributed by atoms with Crippen LogP contribution in [0.5, 0.6) is 0 Å². The van der Waals surface area contributed by atoms with Crippen LogP contribution in [0.2, 0.25) is 0 Å². The first-order chi connectivity index (χ1) is 9.88. The van der Waals surface area contributed by atoms with Crippen LogP contribution in [0, 0.1) is 11.8 Å². The highest BCUT2D eigenvalue weighted by Gasteiger charge is 2.20. The monoisotopic (exact) mass is 296 g/mol. The Hall–Kier alpha value is -1.06. The molecule has 0 bridgehead atoms. The number of amides is 2. The number of carbonyl (C=O) groups excluding carboxylic acids is 2. The minimum atomic E-state index is 0.137. The fraction of sp³-hybridized carbons (Fsp3) is 0.882. The lowest BCUT2D eigenvalue weighted by atomic mass is 9.98. The Morgan fingerprint density at radius 1 is 1.00 bits per heavy atom. The van der Waals surface area contributed by atoms with Crippen LogP contribution in [0.1, 0.15) is 66.2 Å². The predicted octanol–water partition coefficient (Wildman–Crippen LogP) is 2.97. The van der Waals surface area contributed by atoms with Crippen LogP contribution in [0.4, 0.5) is 0 Å². The maximum Gasteiger partial charge on any atom is 0.222 e. The Morgan fingerprint density at radius 2 is 1.62 bits per heavy atom. The quantitative estimate of drug-likeness (QED) is 0.748. The first-order valence-electron chi connectivity index (χ1n) is 8.45. The van der Waals surface area contributed by atoms with Gasteiger partial charge in [0.05, 0.1) is 0 Å². The molecule has 122 valence electrons. The summed E-state index contributed by atoms with van der Waals surface area (Å²) in [5.74, 6) is 1.23. The lowest BCUT2D eigenvalue weighted by Crippen LogP contribution is -2.33. The third kappa shape index (κ3) is 7.49. The summed E-state index contributed by atoms with van der Waals surface area (Å²) in [5, 5.41) is 3.04. The molecule has 0 spiro atoms. The first-order valence-corrected chi connectivity index (χ1v) is 8.45. The van der Waals surface area contributed by atoms with E-state index in [4.69, 9.17) is 0 Å². The molecular formula is C17H32N2O2. The normalized spacial score (nSPS) is 17.9. The molecule has 4 nitrogen and oxygen atoms in total. The Labute approximate surface area is 129 Å². The molecule has 0 saturated carbocycles. The first kappa shape index (κ1) is 18.0. The zero-order valence-electron chi connectivity index (χ0n) is 14.2. The Balaban J connectivity index is 2.17. The summed E-state index contributed by atoms with van der Waals surface area (Å²) in [7, 11) is 0. The van der Waals surface area contributed by atoms with Gasteiger partial charge in [0, 0.05) is 32.0 Å². The largest absolute Gasteiger partial charge is 0.354 e. The maximum absolute atomic E-state index is 12.1. The smallest absolute Gasteiger partial charge is 0.222 e. The third-order valence-corrected chi connectivity index (χ3v) is 4.08. The lowest BCUT2D eigenvalue weighted by molar-refractivity contribution is -0.131. The molecule has 1 aliphatic heterocycles. The van der Waals surface area contributed by atoms with E-state index in [0.29, 0.717) is 30.6 Å². The molecule has 0 aromatic rings. The summed E-state index contributed by atoms with van der Waals surface area (Å²) in [4.78, 5) is 25.7. The fourth-order valence-corrected chi connectivity index (χ4v) is 2.81. The third-order valence-electron chi connectivity index (χ3n) is 4.08. The van der Waals surface area contributed by atoms with Gasteiger partial charge in [0.15, 0.2) is 0 Å². The topological polar surface area (TPSA) is 49.4 Å². The number of nitrogens with one attached hydrogen (secondary N) is 1. The second-order valence-electron chi connectivity index (χ2n) is 7.04. The van der Waals surface area contributed by atoms with E-state index in [9.17, 15) is 9.59 Å². The summed E-state index contributed by atoms with van der Waals surface area (Å²) < 4.78 is 0. The van der Waals surface area contributed by atoms with Crippen molar-refractivity contribution in [3.63, 3.8) is 0 Å². The average molecular weight is 296 g/mol. The zero-order chi connectivity index (χ0) is 15.8. The van der Waals surface area contributed by atoms with Crippen molar-refractivity contribution in [2.75, 3.05) is 13.1 Å². The summed E-state index contributed by atoms with van der Waals surface area (Å²) in [6.07, 6.45) is 5.47. The van der Waals surface area contributed by atoms with Gasteiger partial charge in [0.2, 0.25) is 11.8 Å². The number of likely N-dealkylation sites (tertiary alicyclic amines) is 1. The molecule has 1 saturated heterocycles. The highest BCUT2D eigenvalue weighted by molar-refractivity contribution is 5.77. The predicted molar refractivity (Wildman–Crippen MR) is 85.9 cm³/mol. The highest BCUT2D eigenvalue weighted by atomic mass is 16.2. The van der Waals surface area contributed by atoms with Gasteiger partial charge in [0.1, 0.15) is 0 Å². The number of rotatable bonds is 8. The van der Waals surface area contributed by atoms with E-state index in [1.165, 1.54) is 0 Å². The van der Waals surface area contributed by atoms with Gasteiger partial charge >= 0.3 is 0 Å². The Kier molecular flexibility index (Phi) is 7.76. The maximum atomic E-state index is 12.1. The SMILES string of the molecule is CC(C)CC(=O)NC(C)CCC(C)CC(=O)N1CCCC1. The van der Waals surface area contributed by atoms with Crippen molar-refractivity contribution in [2.45, 2.75) is 72.3 Å². The van der Waals surface area contributed by atoms with E-state index in [1.54, 1.807) is 0 Å². The Bertz CT molecular complexity index is 336. The van der Waals surface area contributed by atoms with Gasteiger partial charge in [-0.1, -0.05) is 20.8 Å². The molecule has 1 rings (SSSR count). The van der Waals surface area contributed by atoms with Crippen LogP contribution in [-0.4, -0.2) is 35.8 Å². The number of hydrogen-bond acceptors (Lipinski definition) is 2. The number of carbonyl (C=O) groups is 2. The highest BCUT2D eigenvalue weighted by Crippen LogP contribution is 2.16. The molecule has 2 unspecified atom stereocenters. The van der Waals surface area contributed by atoms with Crippen LogP contribution in [-0.2, 0) is 9.59 Å². The van der Waals surface area contributed by atoms with Gasteiger partial charge in [-0.15, -0.1) is 0 Å². The van der Waals surface area contributed by atoms with Crippen LogP contribution in [0.25, 0.3) is 0 Å². The van der Waals surface area contributed by atoms with Gasteiger partial charge < -0.3 is 10.2 Å². The van der Waals surface area contributed by atoms with E-state index >= 15 is 0 Å². The minimum absolute atomic E-state index is 0.137. The van der Waals surface area contributed by atoms with E-state index < -0.39 is 0 Å². The fourth-order valence-electron chi connectivity index (χ4n) is 2.81. The van der Waals surface area contributed by atoms with Crippen LogP contribution in [0.15, 0.2) is 0 Å². The van der Waals surface area contributed by atoms with E-state index in [0.717, 1.165) is 38.8 Å². The summed E-state index contributed by atoms with van der Waals surface area (Å²) in [5.41, 5.74) is 0. The lowest BCUT2D eigenvalue weighted by Gasteiger charge is -2.20. The molecule has 2 amide bonds. The summed E-state index contributed by atoms with van der Waals surface area (Å²) in [6.45, 7) is 10.2. The average Bonchev–Trinajstić information content (AvgIpc) is 2.89. The molecule has 1 fully saturated rings. The molecule has 0 radical (unpaired) electrons. The van der Waals surface area contributed by atoms with Gasteiger partial charge in [-0.3, -0.25) is 9.59 Å². The standard InChI is InChI=1S/C17H32N2O2/c1-13(2)11-16(20)18-15(4)8-7-14(3)12-17(21)19-9-5-6-10-19/h13-15H,5-12H2,1-4H3,(H,18,20). The summed E-state index contributed by atoms with van der Waals surface area (Å²) in [6, 6.07) is 0.195. The van der Waals surface area contributed by atoms with E-state index in [2.05, 4.69) is 26.1 Å². The van der Waals surface area contributed by atoms with E-state index in [-0.39, 0.29) is 11.9 Å². The molecule has 0 aromatic heterocycles. The van der Waals surface area contributed by atoms with Crippen molar-refractivity contribution in [3.8, 4) is 0 Å². The second-order valence-corrected chi connectivity index (χ2v) is 7.04.